The second kappa shape index (κ2) is 6.05. The fraction of sp³-hybridized carbons (Fsp3) is 0.357. The summed E-state index contributed by atoms with van der Waals surface area (Å²) in [5.74, 6) is -0.158. The third-order valence-electron chi connectivity index (χ3n) is 3.44. The first-order chi connectivity index (χ1) is 10.5. The van der Waals surface area contributed by atoms with Crippen molar-refractivity contribution >= 4 is 21.8 Å². The molecular formula is C14H14BrN3O4. The lowest BCUT2D eigenvalue weighted by molar-refractivity contribution is 0.0895. The van der Waals surface area contributed by atoms with Gasteiger partial charge in [-0.2, -0.15) is 5.10 Å². The standard InChI is InChI=1S/C14H14BrN3O4/c1-8-2-5-13(19)18(17-8)10-7-21-6-9(10)16-14(20)11-3-4-12(15)22-11/h2-5,9-10H,6-7H2,1H3,(H,16,20). The van der Waals surface area contributed by atoms with E-state index in [1.165, 1.54) is 10.7 Å². The van der Waals surface area contributed by atoms with Crippen molar-refractivity contribution in [3.63, 3.8) is 0 Å². The van der Waals surface area contributed by atoms with E-state index in [0.29, 0.717) is 17.9 Å². The molecular weight excluding hydrogens is 354 g/mol. The zero-order chi connectivity index (χ0) is 15.7. The molecule has 8 heteroatoms. The molecule has 0 radical (unpaired) electrons. The molecule has 3 rings (SSSR count). The van der Waals surface area contributed by atoms with Gasteiger partial charge in [0.15, 0.2) is 10.4 Å². The summed E-state index contributed by atoms with van der Waals surface area (Å²) in [6.45, 7) is 2.45. The highest BCUT2D eigenvalue weighted by molar-refractivity contribution is 9.10. The number of carbonyl (C=O) groups excluding carboxylic acids is 1. The Morgan fingerprint density at radius 2 is 2.18 bits per heavy atom. The van der Waals surface area contributed by atoms with Gasteiger partial charge in [-0.05, 0) is 41.1 Å². The molecule has 2 aromatic heterocycles. The number of carbonyl (C=O) groups is 1. The minimum atomic E-state index is -0.355. The Bertz CT molecular complexity index is 755. The number of halogens is 1. The third kappa shape index (κ3) is 2.97. The summed E-state index contributed by atoms with van der Waals surface area (Å²) in [4.78, 5) is 24.1. The van der Waals surface area contributed by atoms with E-state index in [2.05, 4.69) is 26.3 Å². The lowest BCUT2D eigenvalue weighted by atomic mass is 10.1. The second-order valence-electron chi connectivity index (χ2n) is 5.05. The van der Waals surface area contributed by atoms with Gasteiger partial charge in [0.2, 0.25) is 0 Å². The molecule has 1 aliphatic heterocycles. The van der Waals surface area contributed by atoms with Crippen molar-refractivity contribution in [1.29, 1.82) is 0 Å². The number of rotatable bonds is 3. The molecule has 0 saturated carbocycles. The van der Waals surface area contributed by atoms with Gasteiger partial charge in [-0.3, -0.25) is 9.59 Å². The zero-order valence-electron chi connectivity index (χ0n) is 11.8. The predicted molar refractivity (Wildman–Crippen MR) is 80.8 cm³/mol. The van der Waals surface area contributed by atoms with Crippen molar-refractivity contribution < 1.29 is 13.9 Å². The van der Waals surface area contributed by atoms with E-state index in [9.17, 15) is 9.59 Å². The first-order valence-corrected chi connectivity index (χ1v) is 7.54. The molecule has 2 aromatic rings. The molecule has 116 valence electrons. The molecule has 7 nitrogen and oxygen atoms in total. The van der Waals surface area contributed by atoms with E-state index >= 15 is 0 Å². The molecule has 3 heterocycles. The predicted octanol–water partition coefficient (Wildman–Crippen LogP) is 1.28. The molecule has 0 aliphatic carbocycles. The molecule has 1 N–H and O–H groups in total. The second-order valence-corrected chi connectivity index (χ2v) is 5.83. The van der Waals surface area contributed by atoms with Crippen LogP contribution in [0.3, 0.4) is 0 Å². The molecule has 0 spiro atoms. The van der Waals surface area contributed by atoms with Crippen molar-refractivity contribution in [2.24, 2.45) is 0 Å². The van der Waals surface area contributed by atoms with Crippen LogP contribution in [0, 0.1) is 6.92 Å². The summed E-state index contributed by atoms with van der Waals surface area (Å²) < 4.78 is 12.5. The average molecular weight is 368 g/mol. The number of aryl methyl sites for hydroxylation is 1. The van der Waals surface area contributed by atoms with Crippen LogP contribution in [0.15, 0.2) is 38.1 Å². The molecule has 1 aliphatic rings. The number of nitrogens with one attached hydrogen (secondary N) is 1. The molecule has 0 bridgehead atoms. The van der Waals surface area contributed by atoms with Crippen LogP contribution in [0.4, 0.5) is 0 Å². The van der Waals surface area contributed by atoms with Gasteiger partial charge in [0.25, 0.3) is 11.5 Å². The van der Waals surface area contributed by atoms with Gasteiger partial charge in [-0.15, -0.1) is 0 Å². The Morgan fingerprint density at radius 1 is 1.36 bits per heavy atom. The quantitative estimate of drug-likeness (QED) is 0.882. The Labute approximate surface area is 134 Å². The Morgan fingerprint density at radius 3 is 2.91 bits per heavy atom. The SMILES string of the molecule is Cc1ccc(=O)n(C2COCC2NC(=O)c2ccc(Br)o2)n1. The van der Waals surface area contributed by atoms with Crippen LogP contribution < -0.4 is 10.9 Å². The van der Waals surface area contributed by atoms with Crippen molar-refractivity contribution in [3.05, 3.63) is 50.7 Å². The van der Waals surface area contributed by atoms with E-state index < -0.39 is 0 Å². The summed E-state index contributed by atoms with van der Waals surface area (Å²) >= 11 is 3.15. The fourth-order valence-corrected chi connectivity index (χ4v) is 2.66. The van der Waals surface area contributed by atoms with Crippen molar-refractivity contribution in [3.8, 4) is 0 Å². The van der Waals surface area contributed by atoms with Crippen LogP contribution >= 0.6 is 15.9 Å². The maximum atomic E-state index is 12.2. The number of furan rings is 1. The number of hydrogen-bond donors (Lipinski definition) is 1. The van der Waals surface area contributed by atoms with Gasteiger partial charge in [-0.1, -0.05) is 0 Å². The van der Waals surface area contributed by atoms with Gasteiger partial charge in [-0.25, -0.2) is 4.68 Å². The number of amides is 1. The average Bonchev–Trinajstić information content (AvgIpc) is 3.10. The smallest absolute Gasteiger partial charge is 0.287 e. The van der Waals surface area contributed by atoms with E-state index in [0.717, 1.165) is 5.69 Å². The van der Waals surface area contributed by atoms with Crippen LogP contribution in [-0.4, -0.2) is 34.9 Å². The summed E-state index contributed by atoms with van der Waals surface area (Å²) in [6, 6.07) is 5.65. The van der Waals surface area contributed by atoms with E-state index in [1.54, 1.807) is 25.1 Å². The van der Waals surface area contributed by atoms with Gasteiger partial charge >= 0.3 is 0 Å². The molecule has 0 aromatic carbocycles. The van der Waals surface area contributed by atoms with Gasteiger partial charge in [0.05, 0.1) is 24.9 Å². The van der Waals surface area contributed by atoms with Crippen molar-refractivity contribution in [2.45, 2.75) is 19.0 Å². The number of ether oxygens (including phenoxy) is 1. The molecule has 2 unspecified atom stereocenters. The van der Waals surface area contributed by atoms with E-state index in [1.807, 2.05) is 0 Å². The maximum Gasteiger partial charge on any atom is 0.287 e. The van der Waals surface area contributed by atoms with Crippen LogP contribution in [0.2, 0.25) is 0 Å². The molecule has 1 amide bonds. The van der Waals surface area contributed by atoms with E-state index in [-0.39, 0.29) is 29.3 Å². The van der Waals surface area contributed by atoms with Gasteiger partial charge in [0.1, 0.15) is 6.04 Å². The Hall–Kier alpha value is -1.93. The summed E-state index contributed by atoms with van der Waals surface area (Å²) in [6.07, 6.45) is 0. The van der Waals surface area contributed by atoms with E-state index in [4.69, 9.17) is 9.15 Å². The minimum absolute atomic E-state index is 0.196. The van der Waals surface area contributed by atoms with Crippen molar-refractivity contribution in [2.75, 3.05) is 13.2 Å². The molecule has 2 atom stereocenters. The maximum absolute atomic E-state index is 12.2. The number of nitrogens with zero attached hydrogens (tertiary/aromatic N) is 2. The molecule has 1 saturated heterocycles. The lowest BCUT2D eigenvalue weighted by Gasteiger charge is -2.19. The van der Waals surface area contributed by atoms with Crippen LogP contribution in [0.5, 0.6) is 0 Å². The number of aromatic nitrogens is 2. The van der Waals surface area contributed by atoms with Crippen LogP contribution in [-0.2, 0) is 4.74 Å². The minimum Gasteiger partial charge on any atom is -0.444 e. The summed E-state index contributed by atoms with van der Waals surface area (Å²) in [5.41, 5.74) is 0.507. The Balaban J connectivity index is 1.80. The topological polar surface area (TPSA) is 86.4 Å². The number of hydrogen-bond acceptors (Lipinski definition) is 5. The Kier molecular flexibility index (Phi) is 4.12. The summed E-state index contributed by atoms with van der Waals surface area (Å²) in [7, 11) is 0. The highest BCUT2D eigenvalue weighted by Crippen LogP contribution is 2.19. The van der Waals surface area contributed by atoms with Gasteiger partial charge in [0, 0.05) is 6.07 Å². The van der Waals surface area contributed by atoms with Crippen LogP contribution in [0.1, 0.15) is 22.3 Å². The largest absolute Gasteiger partial charge is 0.444 e. The molecule has 1 fully saturated rings. The highest BCUT2D eigenvalue weighted by atomic mass is 79.9. The summed E-state index contributed by atoms with van der Waals surface area (Å²) in [5, 5.41) is 7.06. The zero-order valence-corrected chi connectivity index (χ0v) is 13.4. The molecule has 22 heavy (non-hydrogen) atoms. The highest BCUT2D eigenvalue weighted by Gasteiger charge is 2.33. The van der Waals surface area contributed by atoms with Crippen molar-refractivity contribution in [1.82, 2.24) is 15.1 Å². The van der Waals surface area contributed by atoms with Gasteiger partial charge < -0.3 is 14.5 Å². The van der Waals surface area contributed by atoms with Crippen LogP contribution in [0.25, 0.3) is 0 Å². The monoisotopic (exact) mass is 367 g/mol. The normalized spacial score (nSPS) is 21.0. The third-order valence-corrected chi connectivity index (χ3v) is 3.86. The first kappa shape index (κ1) is 15.0. The first-order valence-electron chi connectivity index (χ1n) is 6.75. The lowest BCUT2D eigenvalue weighted by Crippen LogP contribution is -2.44. The fourth-order valence-electron chi connectivity index (χ4n) is 2.36.